The lowest BCUT2D eigenvalue weighted by atomic mass is 9.99. The summed E-state index contributed by atoms with van der Waals surface area (Å²) < 4.78 is 11.9. The summed E-state index contributed by atoms with van der Waals surface area (Å²) in [6.07, 6.45) is 2.35. The van der Waals surface area contributed by atoms with Gasteiger partial charge in [0.25, 0.3) is 0 Å². The highest BCUT2D eigenvalue weighted by molar-refractivity contribution is 5.59. The highest BCUT2D eigenvalue weighted by Crippen LogP contribution is 2.49. The van der Waals surface area contributed by atoms with Crippen LogP contribution in [0.25, 0.3) is 0 Å². The lowest BCUT2D eigenvalue weighted by Crippen LogP contribution is -2.20. The number of hydrogen-bond donors (Lipinski definition) is 1. The summed E-state index contributed by atoms with van der Waals surface area (Å²) in [6.45, 7) is 7.20. The normalized spacial score (nSPS) is 27.9. The maximum Gasteiger partial charge on any atom is 0.128 e. The third kappa shape index (κ3) is 1.91. The molecule has 1 aliphatic heterocycles. The van der Waals surface area contributed by atoms with E-state index in [0.717, 1.165) is 30.9 Å². The van der Waals surface area contributed by atoms with Crippen molar-refractivity contribution in [1.82, 2.24) is 5.32 Å². The van der Waals surface area contributed by atoms with Crippen LogP contribution in [0, 0.1) is 5.92 Å². The van der Waals surface area contributed by atoms with Gasteiger partial charge in [-0.05, 0) is 39.3 Å². The van der Waals surface area contributed by atoms with E-state index in [1.807, 2.05) is 14.0 Å². The van der Waals surface area contributed by atoms with Gasteiger partial charge in [-0.1, -0.05) is 6.92 Å². The molecule has 3 nitrogen and oxygen atoms in total. The van der Waals surface area contributed by atoms with Crippen LogP contribution in [-0.4, -0.2) is 19.8 Å². The van der Waals surface area contributed by atoms with Crippen LogP contribution >= 0.6 is 0 Å². The van der Waals surface area contributed by atoms with Crippen molar-refractivity contribution >= 4 is 0 Å². The van der Waals surface area contributed by atoms with Crippen LogP contribution in [0.1, 0.15) is 43.5 Å². The second kappa shape index (κ2) is 4.71. The molecule has 0 amide bonds. The van der Waals surface area contributed by atoms with Crippen LogP contribution in [0.5, 0.6) is 11.5 Å². The van der Waals surface area contributed by atoms with Gasteiger partial charge in [0.15, 0.2) is 0 Å². The highest BCUT2D eigenvalue weighted by Gasteiger charge is 2.37. The van der Waals surface area contributed by atoms with Crippen LogP contribution in [0.15, 0.2) is 6.07 Å². The monoisotopic (exact) mass is 261 g/mol. The molecule has 1 aliphatic carbocycles. The Morgan fingerprint density at radius 1 is 1.37 bits per heavy atom. The van der Waals surface area contributed by atoms with Crippen molar-refractivity contribution in [1.29, 1.82) is 0 Å². The lowest BCUT2D eigenvalue weighted by Gasteiger charge is -2.19. The quantitative estimate of drug-likeness (QED) is 0.907. The highest BCUT2D eigenvalue weighted by atomic mass is 16.5. The van der Waals surface area contributed by atoms with Crippen LogP contribution in [-0.2, 0) is 12.8 Å². The van der Waals surface area contributed by atoms with Crippen molar-refractivity contribution in [2.75, 3.05) is 13.7 Å². The summed E-state index contributed by atoms with van der Waals surface area (Å²) in [7, 11) is 2.04. The molecule has 1 heterocycles. The zero-order valence-electron chi connectivity index (χ0n) is 12.2. The first-order valence-corrected chi connectivity index (χ1v) is 7.31. The summed E-state index contributed by atoms with van der Waals surface area (Å²) >= 11 is 0. The molecule has 3 atom stereocenters. The average Bonchev–Trinajstić information content (AvgIpc) is 2.88. The van der Waals surface area contributed by atoms with E-state index in [1.54, 1.807) is 0 Å². The Balaban J connectivity index is 2.15. The van der Waals surface area contributed by atoms with E-state index in [4.69, 9.17) is 9.47 Å². The number of nitrogens with one attached hydrogen (secondary N) is 1. The largest absolute Gasteiger partial charge is 0.494 e. The molecule has 1 aromatic carbocycles. The molecule has 0 saturated carbocycles. The molecule has 3 unspecified atom stereocenters. The molecule has 0 saturated heterocycles. The first-order valence-electron chi connectivity index (χ1n) is 7.31. The zero-order valence-corrected chi connectivity index (χ0v) is 12.2. The summed E-state index contributed by atoms with van der Waals surface area (Å²) in [5, 5.41) is 3.45. The minimum atomic E-state index is 0.282. The Morgan fingerprint density at radius 2 is 2.16 bits per heavy atom. The van der Waals surface area contributed by atoms with Crippen LogP contribution in [0.4, 0.5) is 0 Å². The second-order valence-electron chi connectivity index (χ2n) is 5.77. The molecule has 1 N–H and O–H groups in total. The van der Waals surface area contributed by atoms with Gasteiger partial charge in [0.1, 0.15) is 17.6 Å². The molecule has 0 fully saturated rings. The van der Waals surface area contributed by atoms with E-state index in [1.165, 1.54) is 16.7 Å². The van der Waals surface area contributed by atoms with Gasteiger partial charge in [-0.25, -0.2) is 0 Å². The van der Waals surface area contributed by atoms with Crippen molar-refractivity contribution in [2.24, 2.45) is 5.92 Å². The third-order valence-corrected chi connectivity index (χ3v) is 4.31. The molecule has 3 rings (SSSR count). The molecular weight excluding hydrogens is 238 g/mol. The molecule has 0 bridgehead atoms. The molecule has 0 aromatic heterocycles. The summed E-state index contributed by atoms with van der Waals surface area (Å²) in [5.74, 6) is 2.78. The molecule has 104 valence electrons. The molecule has 2 aliphatic rings. The molecule has 1 aromatic rings. The number of rotatable bonds is 3. The van der Waals surface area contributed by atoms with Crippen LogP contribution < -0.4 is 14.8 Å². The third-order valence-electron chi connectivity index (χ3n) is 4.31. The Hall–Kier alpha value is -1.22. The number of hydrogen-bond acceptors (Lipinski definition) is 3. The maximum atomic E-state index is 6.07. The van der Waals surface area contributed by atoms with E-state index in [-0.39, 0.29) is 6.10 Å². The van der Waals surface area contributed by atoms with E-state index >= 15 is 0 Å². The minimum absolute atomic E-state index is 0.282. The summed E-state index contributed by atoms with van der Waals surface area (Å²) in [6, 6.07) is 2.58. The van der Waals surface area contributed by atoms with E-state index in [0.29, 0.717) is 12.0 Å². The Bertz CT molecular complexity index is 498. The van der Waals surface area contributed by atoms with Crippen LogP contribution in [0.3, 0.4) is 0 Å². The van der Waals surface area contributed by atoms with Crippen molar-refractivity contribution < 1.29 is 9.47 Å². The summed E-state index contributed by atoms with van der Waals surface area (Å²) in [5.41, 5.74) is 4.01. The van der Waals surface area contributed by atoms with Crippen molar-refractivity contribution in [3.05, 3.63) is 22.8 Å². The Kier molecular flexibility index (Phi) is 3.17. The van der Waals surface area contributed by atoms with Gasteiger partial charge in [-0.3, -0.25) is 0 Å². The molecular formula is C16H23NO2. The van der Waals surface area contributed by atoms with Gasteiger partial charge in [0.05, 0.1) is 6.61 Å². The van der Waals surface area contributed by atoms with E-state index in [9.17, 15) is 0 Å². The van der Waals surface area contributed by atoms with Crippen molar-refractivity contribution in [3.8, 4) is 11.5 Å². The van der Waals surface area contributed by atoms with Gasteiger partial charge in [0, 0.05) is 29.2 Å². The second-order valence-corrected chi connectivity index (χ2v) is 5.77. The SMILES string of the molecule is CCOc1cc2c(c3c1CC(C)C3NC)OC(C)C2. The van der Waals surface area contributed by atoms with Crippen molar-refractivity contribution in [2.45, 2.75) is 45.8 Å². The molecule has 0 radical (unpaired) electrons. The van der Waals surface area contributed by atoms with Gasteiger partial charge in [0.2, 0.25) is 0 Å². The Morgan fingerprint density at radius 3 is 2.84 bits per heavy atom. The van der Waals surface area contributed by atoms with Crippen LogP contribution in [0.2, 0.25) is 0 Å². The first kappa shape index (κ1) is 12.8. The molecule has 3 heteroatoms. The molecule has 0 spiro atoms. The standard InChI is InChI=1S/C16H23NO2/c1-5-18-13-8-11-7-10(3)19-16(11)14-12(13)6-9(2)15(14)17-4/h8-10,15,17H,5-7H2,1-4H3. The fraction of sp³-hybridized carbons (Fsp3) is 0.625. The topological polar surface area (TPSA) is 30.5 Å². The fourth-order valence-corrected chi connectivity index (χ4v) is 3.57. The Labute approximate surface area is 115 Å². The zero-order chi connectivity index (χ0) is 13.6. The average molecular weight is 261 g/mol. The maximum absolute atomic E-state index is 6.07. The smallest absolute Gasteiger partial charge is 0.128 e. The van der Waals surface area contributed by atoms with Gasteiger partial charge in [-0.2, -0.15) is 0 Å². The number of benzene rings is 1. The molecule has 19 heavy (non-hydrogen) atoms. The van der Waals surface area contributed by atoms with Gasteiger partial charge in [-0.15, -0.1) is 0 Å². The predicted octanol–water partition coefficient (Wildman–Crippen LogP) is 2.86. The fourth-order valence-electron chi connectivity index (χ4n) is 3.57. The van der Waals surface area contributed by atoms with E-state index in [2.05, 4.69) is 25.2 Å². The van der Waals surface area contributed by atoms with Gasteiger partial charge >= 0.3 is 0 Å². The van der Waals surface area contributed by atoms with E-state index < -0.39 is 0 Å². The lowest BCUT2D eigenvalue weighted by molar-refractivity contribution is 0.250. The number of fused-ring (bicyclic) bond motifs is 3. The summed E-state index contributed by atoms with van der Waals surface area (Å²) in [4.78, 5) is 0. The predicted molar refractivity (Wildman–Crippen MR) is 76.1 cm³/mol. The number of ether oxygens (including phenoxy) is 2. The van der Waals surface area contributed by atoms with Gasteiger partial charge < -0.3 is 14.8 Å². The first-order chi connectivity index (χ1) is 9.15. The van der Waals surface area contributed by atoms with Crippen molar-refractivity contribution in [3.63, 3.8) is 0 Å². The minimum Gasteiger partial charge on any atom is -0.494 e.